The van der Waals surface area contributed by atoms with Crippen molar-refractivity contribution in [3.05, 3.63) is 66.9 Å². The fourth-order valence-electron chi connectivity index (χ4n) is 1.91. The van der Waals surface area contributed by atoms with Gasteiger partial charge in [-0.3, -0.25) is 9.78 Å². The number of aromatic nitrogens is 3. The first kappa shape index (κ1) is 15.2. The first-order valence-electron chi connectivity index (χ1n) is 7.04. The predicted octanol–water partition coefficient (Wildman–Crippen LogP) is 3.27. The van der Waals surface area contributed by atoms with Crippen molar-refractivity contribution in [3.63, 3.8) is 0 Å². The maximum atomic E-state index is 11.9. The van der Waals surface area contributed by atoms with E-state index in [2.05, 4.69) is 20.5 Å². The number of amides is 1. The number of nitrogens with zero attached hydrogens (tertiary/aromatic N) is 3. The minimum absolute atomic E-state index is 0.0724. The highest BCUT2D eigenvalue weighted by molar-refractivity contribution is 7.99. The lowest BCUT2D eigenvalue weighted by Gasteiger charge is -2.04. The van der Waals surface area contributed by atoms with E-state index in [4.69, 9.17) is 0 Å². The molecule has 0 radical (unpaired) electrons. The van der Waals surface area contributed by atoms with Gasteiger partial charge in [-0.25, -0.2) is 0 Å². The lowest BCUT2D eigenvalue weighted by atomic mass is 10.2. The molecule has 114 valence electrons. The highest BCUT2D eigenvalue weighted by atomic mass is 32.2. The van der Waals surface area contributed by atoms with Crippen molar-refractivity contribution in [3.8, 4) is 11.4 Å². The minimum Gasteiger partial charge on any atom is -0.325 e. The number of hydrogen-bond acceptors (Lipinski definition) is 5. The van der Waals surface area contributed by atoms with E-state index in [0.29, 0.717) is 10.7 Å². The predicted molar refractivity (Wildman–Crippen MR) is 91.1 cm³/mol. The Morgan fingerprint density at radius 2 is 1.74 bits per heavy atom. The van der Waals surface area contributed by atoms with E-state index in [1.54, 1.807) is 6.20 Å². The molecule has 0 saturated heterocycles. The van der Waals surface area contributed by atoms with Crippen LogP contribution in [-0.2, 0) is 4.79 Å². The van der Waals surface area contributed by atoms with Crippen molar-refractivity contribution in [2.24, 2.45) is 0 Å². The maximum absolute atomic E-state index is 11.9. The van der Waals surface area contributed by atoms with E-state index in [1.165, 1.54) is 11.8 Å². The van der Waals surface area contributed by atoms with Crippen LogP contribution >= 0.6 is 11.8 Å². The number of anilines is 1. The fraction of sp³-hybridized carbons (Fsp3) is 0.0588. The molecule has 0 aliphatic heterocycles. The van der Waals surface area contributed by atoms with Gasteiger partial charge >= 0.3 is 0 Å². The van der Waals surface area contributed by atoms with Crippen LogP contribution in [0.1, 0.15) is 0 Å². The van der Waals surface area contributed by atoms with Crippen LogP contribution in [0, 0.1) is 0 Å². The zero-order valence-electron chi connectivity index (χ0n) is 12.2. The molecule has 0 atom stereocenters. The quantitative estimate of drug-likeness (QED) is 0.730. The molecule has 0 bridgehead atoms. The van der Waals surface area contributed by atoms with Gasteiger partial charge in [-0.2, -0.15) is 0 Å². The third-order valence-corrected chi connectivity index (χ3v) is 3.90. The number of hydrogen-bond donors (Lipinski definition) is 1. The highest BCUT2D eigenvalue weighted by Crippen LogP contribution is 2.18. The number of pyridine rings is 1. The molecule has 0 unspecified atom stereocenters. The number of nitrogens with one attached hydrogen (secondary N) is 1. The van der Waals surface area contributed by atoms with Crippen LogP contribution in [0.5, 0.6) is 0 Å². The van der Waals surface area contributed by atoms with E-state index < -0.39 is 0 Å². The van der Waals surface area contributed by atoms with E-state index in [-0.39, 0.29) is 11.7 Å². The molecule has 0 aliphatic carbocycles. The Labute approximate surface area is 138 Å². The van der Waals surface area contributed by atoms with Crippen molar-refractivity contribution in [1.82, 2.24) is 15.2 Å². The Morgan fingerprint density at radius 3 is 2.43 bits per heavy atom. The van der Waals surface area contributed by atoms with Gasteiger partial charge in [0, 0.05) is 11.9 Å². The Bertz CT molecular complexity index is 764. The van der Waals surface area contributed by atoms with Crippen molar-refractivity contribution in [2.45, 2.75) is 5.03 Å². The Balaban J connectivity index is 1.55. The summed E-state index contributed by atoms with van der Waals surface area (Å²) in [7, 11) is 0. The van der Waals surface area contributed by atoms with Crippen molar-refractivity contribution < 1.29 is 4.79 Å². The summed E-state index contributed by atoms with van der Waals surface area (Å²) < 4.78 is 0. The standard InChI is InChI=1S/C17H14N4OS/c22-16(19-13-6-2-1-3-7-13)12-23-17-10-9-15(20-21-17)14-8-4-5-11-18-14/h1-11H,12H2,(H,19,22). The molecular weight excluding hydrogens is 308 g/mol. The zero-order chi connectivity index (χ0) is 15.9. The summed E-state index contributed by atoms with van der Waals surface area (Å²) in [6.45, 7) is 0. The molecule has 1 N–H and O–H groups in total. The second kappa shape index (κ2) is 7.51. The number of carbonyl (C=O) groups excluding carboxylic acids is 1. The molecule has 23 heavy (non-hydrogen) atoms. The van der Waals surface area contributed by atoms with Gasteiger partial charge in [0.1, 0.15) is 10.7 Å². The molecule has 2 aromatic heterocycles. The van der Waals surface area contributed by atoms with Crippen LogP contribution in [0.3, 0.4) is 0 Å². The molecule has 1 amide bonds. The molecule has 5 nitrogen and oxygen atoms in total. The smallest absolute Gasteiger partial charge is 0.234 e. The third kappa shape index (κ3) is 4.37. The minimum atomic E-state index is -0.0724. The molecule has 3 rings (SSSR count). The van der Waals surface area contributed by atoms with Crippen LogP contribution in [0.4, 0.5) is 5.69 Å². The van der Waals surface area contributed by atoms with Gasteiger partial charge in [-0.15, -0.1) is 10.2 Å². The Morgan fingerprint density at radius 1 is 0.913 bits per heavy atom. The number of thioether (sulfide) groups is 1. The van der Waals surface area contributed by atoms with E-state index >= 15 is 0 Å². The summed E-state index contributed by atoms with van der Waals surface area (Å²) in [4.78, 5) is 16.1. The first-order valence-corrected chi connectivity index (χ1v) is 8.03. The van der Waals surface area contributed by atoms with Gasteiger partial charge in [-0.05, 0) is 36.4 Å². The monoisotopic (exact) mass is 322 g/mol. The lowest BCUT2D eigenvalue weighted by Crippen LogP contribution is -2.13. The average molecular weight is 322 g/mol. The second-order valence-electron chi connectivity index (χ2n) is 4.67. The van der Waals surface area contributed by atoms with Crippen LogP contribution in [0.25, 0.3) is 11.4 Å². The molecule has 2 heterocycles. The maximum Gasteiger partial charge on any atom is 0.234 e. The molecular formula is C17H14N4OS. The third-order valence-electron chi connectivity index (χ3n) is 2.98. The summed E-state index contributed by atoms with van der Waals surface area (Å²) >= 11 is 1.35. The molecule has 0 saturated carbocycles. The van der Waals surface area contributed by atoms with Crippen LogP contribution < -0.4 is 5.32 Å². The molecule has 0 spiro atoms. The number of para-hydroxylation sites is 1. The molecule has 3 aromatic rings. The van der Waals surface area contributed by atoms with Gasteiger partial charge < -0.3 is 5.32 Å². The lowest BCUT2D eigenvalue weighted by molar-refractivity contribution is -0.113. The summed E-state index contributed by atoms with van der Waals surface area (Å²) in [5.41, 5.74) is 2.27. The average Bonchev–Trinajstić information content (AvgIpc) is 2.62. The number of carbonyl (C=O) groups is 1. The van der Waals surface area contributed by atoms with Crippen molar-refractivity contribution in [1.29, 1.82) is 0 Å². The van der Waals surface area contributed by atoms with E-state index in [1.807, 2.05) is 60.7 Å². The van der Waals surface area contributed by atoms with Crippen molar-refractivity contribution in [2.75, 3.05) is 11.1 Å². The van der Waals surface area contributed by atoms with Crippen molar-refractivity contribution >= 4 is 23.4 Å². The van der Waals surface area contributed by atoms with Crippen LogP contribution in [-0.4, -0.2) is 26.8 Å². The van der Waals surface area contributed by atoms with Gasteiger partial charge in [0.05, 0.1) is 11.4 Å². The summed E-state index contributed by atoms with van der Waals surface area (Å²) in [5.74, 6) is 0.212. The molecule has 1 aromatic carbocycles. The van der Waals surface area contributed by atoms with Gasteiger partial charge in [-0.1, -0.05) is 36.0 Å². The topological polar surface area (TPSA) is 67.8 Å². The largest absolute Gasteiger partial charge is 0.325 e. The zero-order valence-corrected chi connectivity index (χ0v) is 13.0. The molecule has 0 aliphatic rings. The van der Waals surface area contributed by atoms with Crippen LogP contribution in [0.15, 0.2) is 71.9 Å². The summed E-state index contributed by atoms with van der Waals surface area (Å²) in [5, 5.41) is 11.8. The number of rotatable bonds is 5. The molecule has 0 fully saturated rings. The van der Waals surface area contributed by atoms with E-state index in [9.17, 15) is 4.79 Å². The Kier molecular flexibility index (Phi) is 4.95. The van der Waals surface area contributed by atoms with Gasteiger partial charge in [0.2, 0.25) is 5.91 Å². The normalized spacial score (nSPS) is 10.3. The summed E-state index contributed by atoms with van der Waals surface area (Å²) in [6.07, 6.45) is 1.72. The first-order chi connectivity index (χ1) is 11.3. The molecule has 6 heteroatoms. The van der Waals surface area contributed by atoms with Gasteiger partial charge in [0.25, 0.3) is 0 Å². The number of benzene rings is 1. The summed E-state index contributed by atoms with van der Waals surface area (Å²) in [6, 6.07) is 18.7. The Hall–Kier alpha value is -2.73. The van der Waals surface area contributed by atoms with Crippen LogP contribution in [0.2, 0.25) is 0 Å². The second-order valence-corrected chi connectivity index (χ2v) is 5.67. The fourth-order valence-corrected chi connectivity index (χ4v) is 2.52. The highest BCUT2D eigenvalue weighted by Gasteiger charge is 2.06. The SMILES string of the molecule is O=C(CSc1ccc(-c2ccccn2)nn1)Nc1ccccc1. The van der Waals surface area contributed by atoms with Gasteiger partial charge in [0.15, 0.2) is 0 Å². The van der Waals surface area contributed by atoms with E-state index in [0.717, 1.165) is 11.4 Å².